The summed E-state index contributed by atoms with van der Waals surface area (Å²) in [6, 6.07) is 10.4. The summed E-state index contributed by atoms with van der Waals surface area (Å²) in [4.78, 5) is 17.0. The Balaban J connectivity index is 1.75. The zero-order valence-corrected chi connectivity index (χ0v) is 13.0. The molecule has 1 saturated carbocycles. The number of fused-ring (bicyclic) bond motifs is 1. The van der Waals surface area contributed by atoms with Crippen LogP contribution >= 0.6 is 11.3 Å². The highest BCUT2D eigenvalue weighted by molar-refractivity contribution is 7.08. The number of nitrogens with one attached hydrogen (secondary N) is 1. The Kier molecular flexibility index (Phi) is 3.42. The minimum absolute atomic E-state index is 0.0872. The van der Waals surface area contributed by atoms with E-state index in [1.165, 1.54) is 24.2 Å². The van der Waals surface area contributed by atoms with Gasteiger partial charge in [0.15, 0.2) is 0 Å². The number of anilines is 1. The van der Waals surface area contributed by atoms with Gasteiger partial charge in [-0.05, 0) is 36.4 Å². The van der Waals surface area contributed by atoms with E-state index in [1.807, 2.05) is 35.0 Å². The number of benzene rings is 1. The van der Waals surface area contributed by atoms with Gasteiger partial charge in [-0.3, -0.25) is 10.1 Å². The summed E-state index contributed by atoms with van der Waals surface area (Å²) < 4.78 is 2.21. The van der Waals surface area contributed by atoms with Crippen LogP contribution in [0.1, 0.15) is 42.1 Å². The van der Waals surface area contributed by atoms with E-state index < -0.39 is 0 Å². The molecule has 2 aromatic heterocycles. The maximum atomic E-state index is 12.4. The second kappa shape index (κ2) is 5.57. The molecule has 0 saturated heterocycles. The number of thiophene rings is 1. The van der Waals surface area contributed by atoms with Gasteiger partial charge in [0.1, 0.15) is 0 Å². The number of hydrogen-bond acceptors (Lipinski definition) is 3. The molecular formula is C17H17N3OS. The zero-order chi connectivity index (χ0) is 14.9. The number of rotatable bonds is 3. The third-order valence-electron chi connectivity index (χ3n) is 4.29. The third kappa shape index (κ3) is 2.31. The van der Waals surface area contributed by atoms with Crippen LogP contribution < -0.4 is 5.32 Å². The van der Waals surface area contributed by atoms with E-state index in [1.54, 1.807) is 0 Å². The van der Waals surface area contributed by atoms with E-state index in [-0.39, 0.29) is 5.91 Å². The summed E-state index contributed by atoms with van der Waals surface area (Å²) >= 11 is 1.52. The number of imidazole rings is 1. The molecule has 0 atom stereocenters. The van der Waals surface area contributed by atoms with Gasteiger partial charge in [0.25, 0.3) is 5.91 Å². The summed E-state index contributed by atoms with van der Waals surface area (Å²) in [5.74, 6) is 0.583. The normalized spacial score (nSPS) is 15.5. The van der Waals surface area contributed by atoms with E-state index >= 15 is 0 Å². The highest BCUT2D eigenvalue weighted by Crippen LogP contribution is 2.35. The van der Waals surface area contributed by atoms with Crippen LogP contribution in [0.3, 0.4) is 0 Å². The molecule has 0 bridgehead atoms. The molecule has 0 radical (unpaired) electrons. The number of hydrogen-bond donors (Lipinski definition) is 1. The number of para-hydroxylation sites is 2. The third-order valence-corrected chi connectivity index (χ3v) is 4.98. The fourth-order valence-corrected chi connectivity index (χ4v) is 3.87. The van der Waals surface area contributed by atoms with Gasteiger partial charge in [0.2, 0.25) is 5.95 Å². The standard InChI is InChI=1S/C17H17N3OS/c21-16(12-9-10-22-11-12)19-17-18-14-7-3-4-8-15(14)20(17)13-5-1-2-6-13/h3-4,7-11,13H,1-2,5-6H2,(H,18,19,21). The van der Waals surface area contributed by atoms with Crippen molar-refractivity contribution < 1.29 is 4.79 Å². The molecule has 22 heavy (non-hydrogen) atoms. The second-order valence-corrected chi connectivity index (χ2v) is 6.48. The number of aromatic nitrogens is 2. The molecule has 4 rings (SSSR count). The maximum absolute atomic E-state index is 12.4. The average molecular weight is 311 g/mol. The molecule has 112 valence electrons. The van der Waals surface area contributed by atoms with Crippen LogP contribution in [0.2, 0.25) is 0 Å². The predicted octanol–water partition coefficient (Wildman–Crippen LogP) is 4.47. The first-order valence-corrected chi connectivity index (χ1v) is 8.58. The number of nitrogens with zero attached hydrogens (tertiary/aromatic N) is 2. The number of amides is 1. The lowest BCUT2D eigenvalue weighted by atomic mass is 10.2. The Bertz CT molecular complexity index is 801. The van der Waals surface area contributed by atoms with Crippen molar-refractivity contribution in [3.05, 3.63) is 46.7 Å². The van der Waals surface area contributed by atoms with E-state index in [4.69, 9.17) is 0 Å². The molecule has 3 aromatic rings. The lowest BCUT2D eigenvalue weighted by Gasteiger charge is -2.16. The van der Waals surface area contributed by atoms with Gasteiger partial charge in [-0.25, -0.2) is 4.98 Å². The van der Waals surface area contributed by atoms with Gasteiger partial charge in [-0.1, -0.05) is 25.0 Å². The van der Waals surface area contributed by atoms with Crippen molar-refractivity contribution in [1.29, 1.82) is 0 Å². The van der Waals surface area contributed by atoms with Crippen molar-refractivity contribution in [1.82, 2.24) is 9.55 Å². The Labute approximate surface area is 132 Å². The predicted molar refractivity (Wildman–Crippen MR) is 89.5 cm³/mol. The molecule has 2 heterocycles. The summed E-state index contributed by atoms with van der Waals surface area (Å²) in [6.07, 6.45) is 4.80. The quantitative estimate of drug-likeness (QED) is 0.776. The molecule has 1 aliphatic carbocycles. The largest absolute Gasteiger partial charge is 0.307 e. The summed E-state index contributed by atoms with van der Waals surface area (Å²) in [6.45, 7) is 0. The van der Waals surface area contributed by atoms with E-state index in [0.717, 1.165) is 23.9 Å². The molecule has 1 fully saturated rings. The van der Waals surface area contributed by atoms with Crippen molar-refractivity contribution in [2.24, 2.45) is 0 Å². The SMILES string of the molecule is O=C(Nc1nc2ccccc2n1C1CCCC1)c1ccsc1. The van der Waals surface area contributed by atoms with Crippen molar-refractivity contribution >= 4 is 34.2 Å². The zero-order valence-electron chi connectivity index (χ0n) is 12.2. The molecule has 1 amide bonds. The fraction of sp³-hybridized carbons (Fsp3) is 0.294. The van der Waals surface area contributed by atoms with Gasteiger partial charge in [-0.2, -0.15) is 11.3 Å². The van der Waals surface area contributed by atoms with E-state index in [0.29, 0.717) is 17.6 Å². The average Bonchev–Trinajstić information content (AvgIpc) is 3.27. The molecule has 0 spiro atoms. The summed E-state index contributed by atoms with van der Waals surface area (Å²) in [7, 11) is 0. The molecule has 0 aliphatic heterocycles. The van der Waals surface area contributed by atoms with Gasteiger partial charge in [0, 0.05) is 11.4 Å². The topological polar surface area (TPSA) is 46.9 Å². The summed E-state index contributed by atoms with van der Waals surface area (Å²) in [5.41, 5.74) is 2.74. The monoisotopic (exact) mass is 311 g/mol. The molecule has 1 N–H and O–H groups in total. The van der Waals surface area contributed by atoms with Crippen LogP contribution in [0.5, 0.6) is 0 Å². The number of carbonyl (C=O) groups is 1. The maximum Gasteiger partial charge on any atom is 0.258 e. The summed E-state index contributed by atoms with van der Waals surface area (Å²) in [5, 5.41) is 6.77. The minimum Gasteiger partial charge on any atom is -0.307 e. The van der Waals surface area contributed by atoms with Crippen molar-refractivity contribution in [2.75, 3.05) is 5.32 Å². The Morgan fingerprint density at radius 2 is 2.05 bits per heavy atom. The Hall–Kier alpha value is -2.14. The molecule has 4 nitrogen and oxygen atoms in total. The first-order valence-electron chi connectivity index (χ1n) is 7.63. The number of carbonyl (C=O) groups excluding carboxylic acids is 1. The van der Waals surface area contributed by atoms with Crippen LogP contribution in [0.4, 0.5) is 5.95 Å². The van der Waals surface area contributed by atoms with Crippen molar-refractivity contribution in [2.45, 2.75) is 31.7 Å². The van der Waals surface area contributed by atoms with Gasteiger partial charge < -0.3 is 4.57 Å². The lowest BCUT2D eigenvalue weighted by Crippen LogP contribution is -2.17. The molecule has 0 unspecified atom stereocenters. The van der Waals surface area contributed by atoms with Crippen LogP contribution in [0, 0.1) is 0 Å². The molecular weight excluding hydrogens is 294 g/mol. The van der Waals surface area contributed by atoms with Crippen LogP contribution in [0.25, 0.3) is 11.0 Å². The van der Waals surface area contributed by atoms with E-state index in [2.05, 4.69) is 20.9 Å². The Morgan fingerprint density at radius 1 is 1.23 bits per heavy atom. The van der Waals surface area contributed by atoms with E-state index in [9.17, 15) is 4.79 Å². The smallest absolute Gasteiger partial charge is 0.258 e. The molecule has 5 heteroatoms. The lowest BCUT2D eigenvalue weighted by molar-refractivity contribution is 0.102. The van der Waals surface area contributed by atoms with Gasteiger partial charge in [0.05, 0.1) is 16.6 Å². The molecule has 1 aliphatic rings. The van der Waals surface area contributed by atoms with Gasteiger partial charge >= 0.3 is 0 Å². The first-order chi connectivity index (χ1) is 10.8. The molecule has 1 aromatic carbocycles. The van der Waals surface area contributed by atoms with Crippen molar-refractivity contribution in [3.8, 4) is 0 Å². The highest BCUT2D eigenvalue weighted by atomic mass is 32.1. The van der Waals surface area contributed by atoms with Gasteiger partial charge in [-0.15, -0.1) is 0 Å². The minimum atomic E-state index is -0.0872. The van der Waals surface area contributed by atoms with Crippen LogP contribution in [0.15, 0.2) is 41.1 Å². The fourth-order valence-electron chi connectivity index (χ4n) is 3.23. The van der Waals surface area contributed by atoms with Crippen molar-refractivity contribution in [3.63, 3.8) is 0 Å². The second-order valence-electron chi connectivity index (χ2n) is 5.70. The first kappa shape index (κ1) is 13.5. The Morgan fingerprint density at radius 3 is 2.82 bits per heavy atom. The van der Waals surface area contributed by atoms with Crippen LogP contribution in [-0.2, 0) is 0 Å². The van der Waals surface area contributed by atoms with Crippen LogP contribution in [-0.4, -0.2) is 15.5 Å². The highest BCUT2D eigenvalue weighted by Gasteiger charge is 2.23.